The Morgan fingerprint density at radius 2 is 2.12 bits per heavy atom. The highest BCUT2D eigenvalue weighted by Gasteiger charge is 2.43. The van der Waals surface area contributed by atoms with Gasteiger partial charge in [0.2, 0.25) is 5.91 Å². The van der Waals surface area contributed by atoms with Crippen molar-refractivity contribution < 1.29 is 13.2 Å². The normalized spacial score (nSPS) is 27.3. The van der Waals surface area contributed by atoms with Gasteiger partial charge in [0.15, 0.2) is 15.8 Å². The molecule has 3 aliphatic rings. The van der Waals surface area contributed by atoms with Gasteiger partial charge in [0.25, 0.3) is 0 Å². The molecule has 0 aromatic carbocycles. The zero-order valence-electron chi connectivity index (χ0n) is 15.1. The lowest BCUT2D eigenvalue weighted by molar-refractivity contribution is -0.121. The number of aliphatic imine (C=N–C) groups is 1. The number of sulfone groups is 1. The van der Waals surface area contributed by atoms with Crippen LogP contribution in [-0.2, 0) is 14.6 Å². The van der Waals surface area contributed by atoms with Crippen LogP contribution >= 0.6 is 0 Å². The largest absolute Gasteiger partial charge is 0.357 e. The molecule has 0 aromatic heterocycles. The van der Waals surface area contributed by atoms with Crippen molar-refractivity contribution in [3.63, 3.8) is 0 Å². The molecule has 0 radical (unpaired) electrons. The molecule has 142 valence electrons. The number of guanidine groups is 1. The maximum Gasteiger partial charge on any atom is 0.222 e. The Labute approximate surface area is 150 Å². The Balaban J connectivity index is 1.46. The van der Waals surface area contributed by atoms with Gasteiger partial charge in [-0.1, -0.05) is 6.42 Å². The fourth-order valence-corrected chi connectivity index (χ4v) is 5.77. The number of nitrogens with zero attached hydrogens (tertiary/aromatic N) is 2. The Kier molecular flexibility index (Phi) is 5.55. The lowest BCUT2D eigenvalue weighted by Gasteiger charge is -2.38. The molecule has 2 N–H and O–H groups in total. The number of hydrogen-bond acceptors (Lipinski definition) is 4. The van der Waals surface area contributed by atoms with Gasteiger partial charge in [-0.2, -0.15) is 0 Å². The average molecular weight is 371 g/mol. The standard InChI is InChI=1S/C17H30N4O3S/c1-2-18-16(21-10-8-17(13-21)6-3-7-17)19-9-4-15(22)20-14-5-11-25(23,24)12-14/h14H,2-13H2,1H3,(H,18,19)(H,20,22). The third-order valence-corrected chi connectivity index (χ3v) is 7.45. The number of rotatable bonds is 5. The third kappa shape index (κ3) is 4.65. The molecular formula is C17H30N4O3S. The number of carbonyl (C=O) groups is 1. The van der Waals surface area contributed by atoms with Crippen LogP contribution < -0.4 is 10.6 Å². The first-order chi connectivity index (χ1) is 11.9. The summed E-state index contributed by atoms with van der Waals surface area (Å²) in [5.41, 5.74) is 0.515. The highest BCUT2D eigenvalue weighted by molar-refractivity contribution is 7.91. The summed E-state index contributed by atoms with van der Waals surface area (Å²) in [5, 5.41) is 6.15. The van der Waals surface area contributed by atoms with Gasteiger partial charge in [0.1, 0.15) is 0 Å². The monoisotopic (exact) mass is 370 g/mol. The summed E-state index contributed by atoms with van der Waals surface area (Å²) < 4.78 is 22.9. The van der Waals surface area contributed by atoms with Crippen molar-refractivity contribution in [2.75, 3.05) is 37.7 Å². The zero-order valence-corrected chi connectivity index (χ0v) is 15.9. The van der Waals surface area contributed by atoms with Crippen molar-refractivity contribution >= 4 is 21.7 Å². The minimum absolute atomic E-state index is 0.0699. The van der Waals surface area contributed by atoms with E-state index < -0.39 is 9.84 Å². The Bertz CT molecular complexity index is 628. The molecule has 1 amide bonds. The molecule has 2 aliphatic heterocycles. The predicted molar refractivity (Wildman–Crippen MR) is 98.3 cm³/mol. The molecular weight excluding hydrogens is 340 g/mol. The first kappa shape index (κ1) is 18.5. The maximum atomic E-state index is 12.0. The van der Waals surface area contributed by atoms with E-state index in [2.05, 4.69) is 27.4 Å². The second-order valence-corrected chi connectivity index (χ2v) is 9.91. The highest BCUT2D eigenvalue weighted by Crippen LogP contribution is 2.47. The average Bonchev–Trinajstić information content (AvgIpc) is 3.10. The highest BCUT2D eigenvalue weighted by atomic mass is 32.2. The quantitative estimate of drug-likeness (QED) is 0.544. The van der Waals surface area contributed by atoms with Crippen molar-refractivity contribution in [1.29, 1.82) is 0 Å². The maximum absolute atomic E-state index is 12.0. The minimum atomic E-state index is -2.96. The molecule has 1 unspecified atom stereocenters. The molecule has 1 atom stereocenters. The van der Waals surface area contributed by atoms with E-state index in [4.69, 9.17) is 0 Å². The van der Waals surface area contributed by atoms with Gasteiger partial charge in [-0.15, -0.1) is 0 Å². The summed E-state index contributed by atoms with van der Waals surface area (Å²) in [6, 6.07) is -0.230. The summed E-state index contributed by atoms with van der Waals surface area (Å²) in [7, 11) is -2.96. The Morgan fingerprint density at radius 3 is 2.68 bits per heavy atom. The second kappa shape index (κ2) is 7.51. The van der Waals surface area contributed by atoms with Crippen LogP contribution in [0.15, 0.2) is 4.99 Å². The van der Waals surface area contributed by atoms with Crippen molar-refractivity contribution in [2.45, 2.75) is 51.5 Å². The summed E-state index contributed by atoms with van der Waals surface area (Å²) >= 11 is 0. The van der Waals surface area contributed by atoms with Crippen molar-refractivity contribution in [3.05, 3.63) is 0 Å². The van der Waals surface area contributed by atoms with E-state index in [1.165, 1.54) is 25.7 Å². The lowest BCUT2D eigenvalue weighted by atomic mass is 9.68. The molecule has 1 spiro atoms. The lowest BCUT2D eigenvalue weighted by Crippen LogP contribution is -2.42. The number of amides is 1. The molecule has 2 saturated heterocycles. The summed E-state index contributed by atoms with van der Waals surface area (Å²) in [5.74, 6) is 1.04. The van der Waals surface area contributed by atoms with Crippen molar-refractivity contribution in [3.8, 4) is 0 Å². The van der Waals surface area contributed by atoms with E-state index in [0.29, 0.717) is 24.8 Å². The zero-order chi connectivity index (χ0) is 17.9. The van der Waals surface area contributed by atoms with E-state index in [1.807, 2.05) is 0 Å². The summed E-state index contributed by atoms with van der Waals surface area (Å²) in [4.78, 5) is 19.0. The first-order valence-corrected chi connectivity index (χ1v) is 11.3. The van der Waals surface area contributed by atoms with E-state index in [-0.39, 0.29) is 23.5 Å². The molecule has 0 aromatic rings. The van der Waals surface area contributed by atoms with Crippen LogP contribution in [0.4, 0.5) is 0 Å². The molecule has 3 fully saturated rings. The number of nitrogens with one attached hydrogen (secondary N) is 2. The topological polar surface area (TPSA) is 90.9 Å². The van der Waals surface area contributed by atoms with Crippen molar-refractivity contribution in [1.82, 2.24) is 15.5 Å². The molecule has 25 heavy (non-hydrogen) atoms. The summed E-state index contributed by atoms with van der Waals surface area (Å²) in [6.07, 6.45) is 6.07. The number of likely N-dealkylation sites (tertiary alicyclic amines) is 1. The van der Waals surface area contributed by atoms with Gasteiger partial charge in [-0.05, 0) is 38.0 Å². The van der Waals surface area contributed by atoms with E-state index in [9.17, 15) is 13.2 Å². The SMILES string of the molecule is CCNC(=NCCC(=O)NC1CCS(=O)(=O)C1)N1CCC2(CCC2)C1. The van der Waals surface area contributed by atoms with Crippen LogP contribution in [0.5, 0.6) is 0 Å². The van der Waals surface area contributed by atoms with Gasteiger partial charge in [0.05, 0.1) is 18.1 Å². The van der Waals surface area contributed by atoms with Crippen LogP contribution in [0.1, 0.15) is 45.4 Å². The van der Waals surface area contributed by atoms with Crippen LogP contribution in [0, 0.1) is 5.41 Å². The fourth-order valence-electron chi connectivity index (χ4n) is 4.10. The number of hydrogen-bond donors (Lipinski definition) is 2. The summed E-state index contributed by atoms with van der Waals surface area (Å²) in [6.45, 7) is 5.41. The van der Waals surface area contributed by atoms with Crippen LogP contribution in [0.3, 0.4) is 0 Å². The molecule has 8 heteroatoms. The Morgan fingerprint density at radius 1 is 1.32 bits per heavy atom. The molecule has 7 nitrogen and oxygen atoms in total. The molecule has 1 aliphatic carbocycles. The van der Waals surface area contributed by atoms with Gasteiger partial charge in [0, 0.05) is 32.1 Å². The van der Waals surface area contributed by atoms with Crippen LogP contribution in [0.25, 0.3) is 0 Å². The van der Waals surface area contributed by atoms with Crippen LogP contribution in [-0.4, -0.2) is 68.9 Å². The third-order valence-electron chi connectivity index (χ3n) is 5.68. The molecule has 2 heterocycles. The molecule has 0 bridgehead atoms. The Hall–Kier alpha value is -1.31. The van der Waals surface area contributed by atoms with Gasteiger partial charge < -0.3 is 15.5 Å². The van der Waals surface area contributed by atoms with E-state index in [1.54, 1.807) is 0 Å². The molecule has 1 saturated carbocycles. The van der Waals surface area contributed by atoms with Gasteiger partial charge in [-0.3, -0.25) is 9.79 Å². The minimum Gasteiger partial charge on any atom is -0.357 e. The first-order valence-electron chi connectivity index (χ1n) is 9.44. The van der Waals surface area contributed by atoms with E-state index >= 15 is 0 Å². The van der Waals surface area contributed by atoms with Gasteiger partial charge >= 0.3 is 0 Å². The van der Waals surface area contributed by atoms with Crippen molar-refractivity contribution in [2.24, 2.45) is 10.4 Å². The molecule has 3 rings (SSSR count). The number of carbonyl (C=O) groups excluding carboxylic acids is 1. The smallest absolute Gasteiger partial charge is 0.222 e. The second-order valence-electron chi connectivity index (χ2n) is 7.68. The fraction of sp³-hybridized carbons (Fsp3) is 0.882. The van der Waals surface area contributed by atoms with E-state index in [0.717, 1.165) is 25.6 Å². The van der Waals surface area contributed by atoms with Crippen LogP contribution in [0.2, 0.25) is 0 Å². The van der Waals surface area contributed by atoms with Gasteiger partial charge in [-0.25, -0.2) is 8.42 Å². The predicted octanol–water partition coefficient (Wildman–Crippen LogP) is 0.521.